The first kappa shape index (κ1) is 20.8. The number of aromatic nitrogens is 2. The molecule has 0 amide bonds. The third-order valence-corrected chi connectivity index (χ3v) is 5.93. The molecule has 156 valence electrons. The topological polar surface area (TPSA) is 109 Å². The number of aliphatic carboxylic acids is 1. The maximum absolute atomic E-state index is 12.2. The lowest BCUT2D eigenvalue weighted by molar-refractivity contribution is -0.138. The number of carboxylic acid groups (broad SMARTS) is 1. The highest BCUT2D eigenvalue weighted by atomic mass is 32.2. The van der Waals surface area contributed by atoms with Crippen LogP contribution in [0.15, 0.2) is 82.7 Å². The van der Waals surface area contributed by atoms with Crippen LogP contribution in [-0.4, -0.2) is 27.1 Å². The second kappa shape index (κ2) is 9.16. The van der Waals surface area contributed by atoms with Gasteiger partial charge >= 0.3 is 5.97 Å². The minimum atomic E-state index is -1.000. The normalized spacial score (nSPS) is 12.0. The number of H-pyrrole nitrogens is 1. The molecule has 0 spiro atoms. The molecule has 4 N–H and O–H groups in total. The predicted octanol–water partition coefficient (Wildman–Crippen LogP) is 3.84. The molecular weight excluding hydrogens is 410 g/mol. The predicted molar refractivity (Wildman–Crippen MR) is 123 cm³/mol. The first-order valence-electron chi connectivity index (χ1n) is 9.78. The van der Waals surface area contributed by atoms with E-state index in [1.54, 1.807) is 6.07 Å². The summed E-state index contributed by atoms with van der Waals surface area (Å²) in [6.07, 6.45) is 0.302. The number of hydrogen-bond donors (Lipinski definition) is 3. The molecule has 0 saturated heterocycles. The first-order chi connectivity index (χ1) is 15.0. The molecular formula is C24H21N3O3S. The Hall–Kier alpha value is -3.42. The number of nitrogens with two attached hydrogens (primary N) is 1. The van der Waals surface area contributed by atoms with Gasteiger partial charge in [-0.15, -0.1) is 0 Å². The van der Waals surface area contributed by atoms with Gasteiger partial charge < -0.3 is 15.8 Å². The quantitative estimate of drug-likeness (QED) is 0.303. The third kappa shape index (κ3) is 5.02. The van der Waals surface area contributed by atoms with Gasteiger partial charge in [0, 0.05) is 5.75 Å². The van der Waals surface area contributed by atoms with E-state index < -0.39 is 12.0 Å². The van der Waals surface area contributed by atoms with Gasteiger partial charge in [0.1, 0.15) is 6.04 Å². The summed E-state index contributed by atoms with van der Waals surface area (Å²) in [5, 5.41) is 10.1. The molecule has 1 aromatic heterocycles. The van der Waals surface area contributed by atoms with Crippen LogP contribution >= 0.6 is 11.8 Å². The number of thioether (sulfide) groups is 1. The van der Waals surface area contributed by atoms with Crippen molar-refractivity contribution in [3.8, 4) is 11.1 Å². The Morgan fingerprint density at radius 1 is 0.968 bits per heavy atom. The van der Waals surface area contributed by atoms with Gasteiger partial charge in [0.05, 0.1) is 10.9 Å². The van der Waals surface area contributed by atoms with E-state index in [-0.39, 0.29) is 5.56 Å². The van der Waals surface area contributed by atoms with Crippen molar-refractivity contribution in [3.05, 3.63) is 94.3 Å². The molecule has 0 radical (unpaired) electrons. The molecule has 1 heterocycles. The number of nitrogens with zero attached hydrogens (tertiary/aromatic N) is 1. The molecule has 0 bridgehead atoms. The summed E-state index contributed by atoms with van der Waals surface area (Å²) in [5.41, 5.74) is 10.3. The summed E-state index contributed by atoms with van der Waals surface area (Å²) >= 11 is 1.49. The zero-order valence-corrected chi connectivity index (χ0v) is 17.4. The van der Waals surface area contributed by atoms with Crippen LogP contribution in [0.25, 0.3) is 22.0 Å². The highest BCUT2D eigenvalue weighted by molar-refractivity contribution is 7.98. The van der Waals surface area contributed by atoms with E-state index in [2.05, 4.69) is 22.1 Å². The number of nitrogens with one attached hydrogen (secondary N) is 1. The zero-order chi connectivity index (χ0) is 21.8. The molecule has 7 heteroatoms. The molecule has 3 aromatic carbocycles. The van der Waals surface area contributed by atoms with Crippen LogP contribution < -0.4 is 11.3 Å². The molecule has 4 aromatic rings. The number of carbonyl (C=O) groups is 1. The van der Waals surface area contributed by atoms with Crippen molar-refractivity contribution in [2.75, 3.05) is 0 Å². The van der Waals surface area contributed by atoms with Gasteiger partial charge in [-0.05, 0) is 40.8 Å². The number of fused-ring (bicyclic) bond motifs is 1. The first-order valence-corrected chi connectivity index (χ1v) is 10.8. The monoisotopic (exact) mass is 431 g/mol. The van der Waals surface area contributed by atoms with E-state index in [1.165, 1.54) is 11.8 Å². The Labute approximate surface area is 183 Å². The molecule has 6 nitrogen and oxygen atoms in total. The summed E-state index contributed by atoms with van der Waals surface area (Å²) in [4.78, 5) is 30.4. The third-order valence-electron chi connectivity index (χ3n) is 4.98. The van der Waals surface area contributed by atoms with E-state index in [1.807, 2.05) is 54.6 Å². The van der Waals surface area contributed by atoms with E-state index in [0.29, 0.717) is 28.2 Å². The second-order valence-electron chi connectivity index (χ2n) is 7.22. The van der Waals surface area contributed by atoms with Crippen molar-refractivity contribution in [1.29, 1.82) is 0 Å². The lowest BCUT2D eigenvalue weighted by atomic mass is 10.0. The van der Waals surface area contributed by atoms with Crippen LogP contribution in [0.4, 0.5) is 0 Å². The Morgan fingerprint density at radius 2 is 1.58 bits per heavy atom. The van der Waals surface area contributed by atoms with Gasteiger partial charge in [0.25, 0.3) is 5.56 Å². The highest BCUT2D eigenvalue weighted by Crippen LogP contribution is 2.24. The van der Waals surface area contributed by atoms with Crippen molar-refractivity contribution in [2.24, 2.45) is 5.73 Å². The average molecular weight is 432 g/mol. The Bertz CT molecular complexity index is 1270. The lowest BCUT2D eigenvalue weighted by Gasteiger charge is -2.08. The van der Waals surface area contributed by atoms with Crippen molar-refractivity contribution >= 4 is 28.6 Å². The molecule has 0 fully saturated rings. The van der Waals surface area contributed by atoms with Crippen LogP contribution in [0.3, 0.4) is 0 Å². The number of benzene rings is 3. The van der Waals surface area contributed by atoms with Crippen molar-refractivity contribution in [2.45, 2.75) is 23.4 Å². The van der Waals surface area contributed by atoms with Crippen LogP contribution in [0.5, 0.6) is 0 Å². The number of hydrogen-bond acceptors (Lipinski definition) is 5. The maximum atomic E-state index is 12.2. The molecule has 4 rings (SSSR count). The van der Waals surface area contributed by atoms with Crippen LogP contribution in [0, 0.1) is 0 Å². The molecule has 31 heavy (non-hydrogen) atoms. The van der Waals surface area contributed by atoms with Gasteiger partial charge in [-0.1, -0.05) is 72.4 Å². The summed E-state index contributed by atoms with van der Waals surface area (Å²) in [7, 11) is 0. The van der Waals surface area contributed by atoms with Crippen molar-refractivity contribution < 1.29 is 9.90 Å². The largest absolute Gasteiger partial charge is 0.480 e. The fourth-order valence-corrected chi connectivity index (χ4v) is 4.08. The SMILES string of the molecule is NC(Cc1ccc(-c2ccc(CSc3nc4ccccc4c(=O)[nH]3)cc2)cc1)C(=O)O. The average Bonchev–Trinajstić information content (AvgIpc) is 2.78. The van der Waals surface area contributed by atoms with Gasteiger partial charge in [-0.25, -0.2) is 4.98 Å². The summed E-state index contributed by atoms with van der Waals surface area (Å²) in [5.74, 6) is -0.311. The van der Waals surface area contributed by atoms with Gasteiger partial charge in [0.2, 0.25) is 0 Å². The fourth-order valence-electron chi connectivity index (χ4n) is 3.25. The smallest absolute Gasteiger partial charge is 0.320 e. The minimum Gasteiger partial charge on any atom is -0.480 e. The number of para-hydroxylation sites is 1. The van der Waals surface area contributed by atoms with E-state index in [4.69, 9.17) is 10.8 Å². The summed E-state index contributed by atoms with van der Waals surface area (Å²) in [6, 6.07) is 22.4. The van der Waals surface area contributed by atoms with E-state index in [9.17, 15) is 9.59 Å². The van der Waals surface area contributed by atoms with Gasteiger partial charge in [-0.2, -0.15) is 0 Å². The molecule has 0 aliphatic rings. The highest BCUT2D eigenvalue weighted by Gasteiger charge is 2.12. The van der Waals surface area contributed by atoms with Crippen molar-refractivity contribution in [1.82, 2.24) is 9.97 Å². The minimum absolute atomic E-state index is 0.129. The Morgan fingerprint density at radius 3 is 2.23 bits per heavy atom. The Kier molecular flexibility index (Phi) is 6.16. The number of aromatic amines is 1. The maximum Gasteiger partial charge on any atom is 0.320 e. The molecule has 1 atom stereocenters. The van der Waals surface area contributed by atoms with Crippen LogP contribution in [0.1, 0.15) is 11.1 Å². The Balaban J connectivity index is 1.41. The number of carboxylic acids is 1. The zero-order valence-electron chi connectivity index (χ0n) is 16.6. The molecule has 0 aliphatic heterocycles. The lowest BCUT2D eigenvalue weighted by Crippen LogP contribution is -2.32. The fraction of sp³-hybridized carbons (Fsp3) is 0.125. The van der Waals surface area contributed by atoms with E-state index in [0.717, 1.165) is 22.3 Å². The van der Waals surface area contributed by atoms with Gasteiger partial charge in [0.15, 0.2) is 5.16 Å². The van der Waals surface area contributed by atoms with Crippen molar-refractivity contribution in [3.63, 3.8) is 0 Å². The van der Waals surface area contributed by atoms with Crippen LogP contribution in [-0.2, 0) is 17.0 Å². The molecule has 0 aliphatic carbocycles. The molecule has 1 unspecified atom stereocenters. The molecule has 0 saturated carbocycles. The van der Waals surface area contributed by atoms with E-state index >= 15 is 0 Å². The standard InChI is InChI=1S/C24H21N3O3S/c25-20(23(29)30)13-15-5-9-17(10-6-15)18-11-7-16(8-12-18)14-31-24-26-21-4-2-1-3-19(21)22(28)27-24/h1-12,20H,13-14,25H2,(H,29,30)(H,26,27,28). The summed E-state index contributed by atoms with van der Waals surface area (Å²) < 4.78 is 0. The van der Waals surface area contributed by atoms with Gasteiger partial charge in [-0.3, -0.25) is 9.59 Å². The number of rotatable bonds is 7. The van der Waals surface area contributed by atoms with Crippen LogP contribution in [0.2, 0.25) is 0 Å². The second-order valence-corrected chi connectivity index (χ2v) is 8.18. The summed E-state index contributed by atoms with van der Waals surface area (Å²) in [6.45, 7) is 0.